The summed E-state index contributed by atoms with van der Waals surface area (Å²) in [6.07, 6.45) is 0.107. The number of urea groups is 1. The highest BCUT2D eigenvalue weighted by atomic mass is 16.5. The molecule has 20 heavy (non-hydrogen) atoms. The van der Waals surface area contributed by atoms with Crippen molar-refractivity contribution in [1.29, 1.82) is 0 Å². The van der Waals surface area contributed by atoms with Crippen LogP contribution in [0.15, 0.2) is 24.3 Å². The highest BCUT2D eigenvalue weighted by Crippen LogP contribution is 2.14. The zero-order chi connectivity index (χ0) is 15.0. The predicted molar refractivity (Wildman–Crippen MR) is 74.4 cm³/mol. The summed E-state index contributed by atoms with van der Waals surface area (Å²) in [5.41, 5.74) is 1.12. The molecule has 0 spiro atoms. The van der Waals surface area contributed by atoms with E-state index in [-0.39, 0.29) is 18.9 Å². The van der Waals surface area contributed by atoms with E-state index in [0.29, 0.717) is 11.4 Å². The second-order valence-electron chi connectivity index (χ2n) is 3.97. The Morgan fingerprint density at radius 1 is 1.15 bits per heavy atom. The average molecular weight is 279 g/mol. The van der Waals surface area contributed by atoms with Crippen LogP contribution in [0.3, 0.4) is 0 Å². The van der Waals surface area contributed by atoms with Gasteiger partial charge in [-0.15, -0.1) is 0 Å². The van der Waals surface area contributed by atoms with Crippen molar-refractivity contribution in [2.45, 2.75) is 13.3 Å². The Morgan fingerprint density at radius 2 is 1.80 bits per heavy atom. The maximum absolute atomic E-state index is 11.6. The Bertz CT molecular complexity index is 502. The number of methoxy groups -OCH3 is 1. The van der Waals surface area contributed by atoms with Crippen molar-refractivity contribution in [2.24, 2.45) is 0 Å². The van der Waals surface area contributed by atoms with Crippen molar-refractivity contribution < 1.29 is 19.1 Å². The molecule has 0 unspecified atom stereocenters. The molecule has 0 saturated heterocycles. The summed E-state index contributed by atoms with van der Waals surface area (Å²) in [6.45, 7) is 1.59. The van der Waals surface area contributed by atoms with Crippen LogP contribution in [0.5, 0.6) is 0 Å². The number of nitrogens with one attached hydrogen (secondary N) is 3. The third-order valence-corrected chi connectivity index (χ3v) is 2.28. The minimum absolute atomic E-state index is 0.107. The van der Waals surface area contributed by atoms with Crippen LogP contribution in [0.25, 0.3) is 0 Å². The van der Waals surface area contributed by atoms with Crippen molar-refractivity contribution in [3.63, 3.8) is 0 Å². The van der Waals surface area contributed by atoms with E-state index in [1.54, 1.807) is 24.3 Å². The van der Waals surface area contributed by atoms with Gasteiger partial charge >= 0.3 is 12.0 Å². The lowest BCUT2D eigenvalue weighted by molar-refractivity contribution is -0.140. The molecule has 0 aliphatic carbocycles. The summed E-state index contributed by atoms with van der Waals surface area (Å²) >= 11 is 0. The molecule has 1 rings (SSSR count). The molecule has 3 amide bonds. The maximum Gasteiger partial charge on any atom is 0.319 e. The van der Waals surface area contributed by atoms with Crippen molar-refractivity contribution in [1.82, 2.24) is 5.32 Å². The summed E-state index contributed by atoms with van der Waals surface area (Å²) in [4.78, 5) is 33.3. The molecule has 0 fully saturated rings. The molecule has 0 aromatic heterocycles. The molecule has 7 nitrogen and oxygen atoms in total. The highest BCUT2D eigenvalue weighted by Gasteiger charge is 2.04. The Balaban J connectivity index is 2.45. The number of anilines is 2. The van der Waals surface area contributed by atoms with Crippen molar-refractivity contribution in [2.75, 3.05) is 24.3 Å². The summed E-state index contributed by atoms with van der Waals surface area (Å²) in [7, 11) is 1.29. The second kappa shape index (κ2) is 7.78. The van der Waals surface area contributed by atoms with Crippen molar-refractivity contribution in [3.8, 4) is 0 Å². The molecule has 1 aromatic rings. The fraction of sp³-hybridized carbons (Fsp3) is 0.308. The summed E-state index contributed by atoms with van der Waals surface area (Å²) in [5, 5.41) is 7.72. The van der Waals surface area contributed by atoms with Crippen LogP contribution in [0.4, 0.5) is 16.2 Å². The SMILES string of the molecule is COC(=O)CCNC(=O)Nc1cccc(NC(C)=O)c1. The minimum atomic E-state index is -0.436. The number of hydrogen-bond acceptors (Lipinski definition) is 4. The number of hydrogen-bond donors (Lipinski definition) is 3. The van der Waals surface area contributed by atoms with E-state index in [0.717, 1.165) is 0 Å². The largest absolute Gasteiger partial charge is 0.469 e. The number of amides is 3. The molecule has 0 heterocycles. The molecule has 1 aromatic carbocycles. The number of carbonyl (C=O) groups is 3. The van der Waals surface area contributed by atoms with Gasteiger partial charge in [-0.25, -0.2) is 4.79 Å². The van der Waals surface area contributed by atoms with E-state index < -0.39 is 12.0 Å². The van der Waals surface area contributed by atoms with Gasteiger partial charge in [0, 0.05) is 24.8 Å². The lowest BCUT2D eigenvalue weighted by Crippen LogP contribution is -2.30. The number of ether oxygens (including phenoxy) is 1. The highest BCUT2D eigenvalue weighted by molar-refractivity contribution is 5.92. The quantitative estimate of drug-likeness (QED) is 0.708. The second-order valence-corrected chi connectivity index (χ2v) is 3.97. The lowest BCUT2D eigenvalue weighted by atomic mass is 10.2. The van der Waals surface area contributed by atoms with Gasteiger partial charge in [-0.05, 0) is 18.2 Å². The standard InChI is InChI=1S/C13H17N3O4/c1-9(17)15-10-4-3-5-11(8-10)16-13(19)14-7-6-12(18)20-2/h3-5,8H,6-7H2,1-2H3,(H,15,17)(H2,14,16,19). The van der Waals surface area contributed by atoms with Gasteiger partial charge in [-0.1, -0.05) is 6.07 Å². The molecule has 0 aliphatic heterocycles. The van der Waals surface area contributed by atoms with Gasteiger partial charge in [0.2, 0.25) is 5.91 Å². The van der Waals surface area contributed by atoms with E-state index >= 15 is 0 Å². The Labute approximate surface area is 116 Å². The first-order valence-electron chi connectivity index (χ1n) is 6.00. The number of carbonyl (C=O) groups excluding carboxylic acids is 3. The van der Waals surface area contributed by atoms with Crippen molar-refractivity contribution in [3.05, 3.63) is 24.3 Å². The molecule has 108 valence electrons. The number of esters is 1. The normalized spacial score (nSPS) is 9.50. The summed E-state index contributed by atoms with van der Waals surface area (Å²) in [6, 6.07) is 6.29. The van der Waals surface area contributed by atoms with Gasteiger partial charge in [0.1, 0.15) is 0 Å². The first kappa shape index (κ1) is 15.5. The number of rotatable bonds is 5. The van der Waals surface area contributed by atoms with E-state index in [4.69, 9.17) is 0 Å². The topological polar surface area (TPSA) is 96.5 Å². The Morgan fingerprint density at radius 3 is 2.40 bits per heavy atom. The fourth-order valence-electron chi connectivity index (χ4n) is 1.43. The summed E-state index contributed by atoms with van der Waals surface area (Å²) < 4.78 is 4.45. The van der Waals surface area contributed by atoms with E-state index in [1.807, 2.05) is 0 Å². The minimum Gasteiger partial charge on any atom is -0.469 e. The van der Waals surface area contributed by atoms with Gasteiger partial charge in [0.15, 0.2) is 0 Å². The molecular weight excluding hydrogens is 262 g/mol. The molecule has 3 N–H and O–H groups in total. The van der Waals surface area contributed by atoms with Crippen LogP contribution in [0.2, 0.25) is 0 Å². The van der Waals surface area contributed by atoms with Gasteiger partial charge in [0.05, 0.1) is 13.5 Å². The van der Waals surface area contributed by atoms with Crippen LogP contribution >= 0.6 is 0 Å². The first-order valence-corrected chi connectivity index (χ1v) is 6.00. The van der Waals surface area contributed by atoms with E-state index in [2.05, 4.69) is 20.7 Å². The first-order chi connectivity index (χ1) is 9.51. The number of benzene rings is 1. The average Bonchev–Trinajstić information content (AvgIpc) is 2.38. The third-order valence-electron chi connectivity index (χ3n) is 2.28. The Hall–Kier alpha value is -2.57. The lowest BCUT2D eigenvalue weighted by Gasteiger charge is -2.09. The monoisotopic (exact) mass is 279 g/mol. The van der Waals surface area contributed by atoms with Crippen molar-refractivity contribution >= 4 is 29.3 Å². The molecule has 0 atom stereocenters. The van der Waals surface area contributed by atoms with Crippen LogP contribution in [0.1, 0.15) is 13.3 Å². The van der Waals surface area contributed by atoms with Crippen LogP contribution in [0, 0.1) is 0 Å². The van der Waals surface area contributed by atoms with Crippen LogP contribution < -0.4 is 16.0 Å². The van der Waals surface area contributed by atoms with Crippen LogP contribution in [-0.2, 0) is 14.3 Å². The van der Waals surface area contributed by atoms with Gasteiger partial charge < -0.3 is 20.7 Å². The smallest absolute Gasteiger partial charge is 0.319 e. The Kier molecular flexibility index (Phi) is 6.02. The van der Waals surface area contributed by atoms with Gasteiger partial charge in [-0.3, -0.25) is 9.59 Å². The zero-order valence-corrected chi connectivity index (χ0v) is 11.4. The molecular formula is C13H17N3O4. The van der Waals surface area contributed by atoms with E-state index in [9.17, 15) is 14.4 Å². The fourth-order valence-corrected chi connectivity index (χ4v) is 1.43. The van der Waals surface area contributed by atoms with Crippen LogP contribution in [-0.4, -0.2) is 31.6 Å². The predicted octanol–water partition coefficient (Wildman–Crippen LogP) is 1.33. The van der Waals surface area contributed by atoms with Gasteiger partial charge in [0.25, 0.3) is 0 Å². The maximum atomic E-state index is 11.6. The summed E-state index contributed by atoms with van der Waals surface area (Å²) in [5.74, 6) is -0.581. The molecule has 7 heteroatoms. The zero-order valence-electron chi connectivity index (χ0n) is 11.4. The van der Waals surface area contributed by atoms with E-state index in [1.165, 1.54) is 14.0 Å². The molecule has 0 bridgehead atoms. The molecule has 0 radical (unpaired) electrons. The third kappa shape index (κ3) is 5.85. The molecule has 0 aliphatic rings. The van der Waals surface area contributed by atoms with Gasteiger partial charge in [-0.2, -0.15) is 0 Å². The molecule has 0 saturated carbocycles.